The third kappa shape index (κ3) is 2.43. The van der Waals surface area contributed by atoms with E-state index in [4.69, 9.17) is 0 Å². The molecule has 1 aliphatic heterocycles. The second-order valence-corrected chi connectivity index (χ2v) is 5.72. The third-order valence-electron chi connectivity index (χ3n) is 4.56. The molecular weight excluding hydrogens is 274 g/mol. The molecule has 0 radical (unpaired) electrons. The van der Waals surface area contributed by atoms with Crippen LogP contribution in [0.5, 0.6) is 0 Å². The fraction of sp³-hybridized carbons (Fsp3) is 0.571. The molecule has 2 fully saturated rings. The van der Waals surface area contributed by atoms with Crippen LogP contribution in [0, 0.1) is 16.0 Å². The van der Waals surface area contributed by atoms with Crippen LogP contribution in [-0.2, 0) is 0 Å². The van der Waals surface area contributed by atoms with E-state index >= 15 is 0 Å². The van der Waals surface area contributed by atoms with E-state index in [2.05, 4.69) is 4.98 Å². The number of rotatable bonds is 3. The smallest absolute Gasteiger partial charge is 0.339 e. The Morgan fingerprint density at radius 3 is 2.86 bits per heavy atom. The lowest BCUT2D eigenvalue weighted by Crippen LogP contribution is -2.43. The largest absolute Gasteiger partial charge is 0.478 e. The van der Waals surface area contributed by atoms with Crippen LogP contribution in [-0.4, -0.2) is 33.6 Å². The summed E-state index contributed by atoms with van der Waals surface area (Å²) < 4.78 is 0. The van der Waals surface area contributed by atoms with Crippen LogP contribution in [0.15, 0.2) is 12.3 Å². The molecule has 1 aromatic heterocycles. The number of hydrogen-bond acceptors (Lipinski definition) is 5. The predicted molar refractivity (Wildman–Crippen MR) is 75.6 cm³/mol. The summed E-state index contributed by atoms with van der Waals surface area (Å²) in [7, 11) is 0. The first-order valence-electron chi connectivity index (χ1n) is 7.22. The minimum absolute atomic E-state index is 0.0725. The average molecular weight is 291 g/mol. The van der Waals surface area contributed by atoms with Crippen molar-refractivity contribution < 1.29 is 14.8 Å². The molecule has 112 valence electrons. The summed E-state index contributed by atoms with van der Waals surface area (Å²) in [5.41, 5.74) is -0.354. The van der Waals surface area contributed by atoms with Gasteiger partial charge in [-0.1, -0.05) is 6.42 Å². The molecule has 0 spiro atoms. The van der Waals surface area contributed by atoms with Crippen molar-refractivity contribution in [3.63, 3.8) is 0 Å². The monoisotopic (exact) mass is 291 g/mol. The molecule has 3 rings (SSSR count). The van der Waals surface area contributed by atoms with Gasteiger partial charge in [-0.3, -0.25) is 10.1 Å². The minimum atomic E-state index is -1.17. The zero-order valence-corrected chi connectivity index (χ0v) is 11.6. The van der Waals surface area contributed by atoms with E-state index < -0.39 is 10.9 Å². The van der Waals surface area contributed by atoms with Gasteiger partial charge in [0.25, 0.3) is 5.69 Å². The quantitative estimate of drug-likeness (QED) is 0.678. The number of pyridine rings is 1. The van der Waals surface area contributed by atoms with Gasteiger partial charge < -0.3 is 10.0 Å². The van der Waals surface area contributed by atoms with Crippen molar-refractivity contribution in [2.75, 3.05) is 11.4 Å². The zero-order chi connectivity index (χ0) is 15.0. The Morgan fingerprint density at radius 1 is 1.38 bits per heavy atom. The number of carboxylic acids is 1. The Hall–Kier alpha value is -2.18. The van der Waals surface area contributed by atoms with Crippen molar-refractivity contribution >= 4 is 17.5 Å². The van der Waals surface area contributed by atoms with Gasteiger partial charge >= 0.3 is 5.97 Å². The van der Waals surface area contributed by atoms with Gasteiger partial charge in [0.1, 0.15) is 17.6 Å². The summed E-state index contributed by atoms with van der Waals surface area (Å²) in [4.78, 5) is 27.8. The van der Waals surface area contributed by atoms with Gasteiger partial charge in [0.05, 0.1) is 4.92 Å². The van der Waals surface area contributed by atoms with Gasteiger partial charge in [-0.15, -0.1) is 0 Å². The molecule has 7 nitrogen and oxygen atoms in total. The highest BCUT2D eigenvalue weighted by Gasteiger charge is 2.37. The number of carboxylic acid groups (broad SMARTS) is 1. The van der Waals surface area contributed by atoms with E-state index in [9.17, 15) is 20.0 Å². The van der Waals surface area contributed by atoms with E-state index in [-0.39, 0.29) is 11.3 Å². The second kappa shape index (κ2) is 5.31. The number of hydrogen-bond donors (Lipinski definition) is 1. The predicted octanol–water partition coefficient (Wildman–Crippen LogP) is 2.46. The zero-order valence-electron chi connectivity index (χ0n) is 11.6. The maximum absolute atomic E-state index is 11.4. The van der Waals surface area contributed by atoms with E-state index in [1.165, 1.54) is 12.8 Å². The molecule has 7 heteroatoms. The van der Waals surface area contributed by atoms with Crippen LogP contribution >= 0.6 is 0 Å². The fourth-order valence-corrected chi connectivity index (χ4v) is 3.65. The SMILES string of the molecule is O=C(O)c1cc([N+](=O)[O-])cnc1N1CCCC2CCCC21. The highest BCUT2D eigenvalue weighted by Crippen LogP contribution is 2.39. The molecule has 2 unspecified atom stereocenters. The molecule has 0 aromatic carbocycles. The van der Waals surface area contributed by atoms with E-state index in [1.54, 1.807) is 0 Å². The topological polar surface area (TPSA) is 96.6 Å². The molecular formula is C14H17N3O4. The average Bonchev–Trinajstić information content (AvgIpc) is 2.94. The van der Waals surface area contributed by atoms with Crippen molar-refractivity contribution in [3.05, 3.63) is 27.9 Å². The van der Waals surface area contributed by atoms with Gasteiger partial charge in [-0.2, -0.15) is 0 Å². The number of anilines is 1. The summed E-state index contributed by atoms with van der Waals surface area (Å²) in [6, 6.07) is 1.44. The van der Waals surface area contributed by atoms with Gasteiger partial charge in [0.15, 0.2) is 0 Å². The van der Waals surface area contributed by atoms with Gasteiger partial charge in [0.2, 0.25) is 0 Å². The molecule has 1 saturated heterocycles. The number of aromatic carboxylic acids is 1. The molecule has 2 aliphatic rings. The summed E-state index contributed by atoms with van der Waals surface area (Å²) in [6.45, 7) is 0.770. The molecule has 1 saturated carbocycles. The molecule has 0 bridgehead atoms. The lowest BCUT2D eigenvalue weighted by atomic mass is 9.91. The molecule has 1 aromatic rings. The first-order valence-corrected chi connectivity index (χ1v) is 7.22. The van der Waals surface area contributed by atoms with Crippen molar-refractivity contribution in [1.29, 1.82) is 0 Å². The number of nitro groups is 1. The standard InChI is InChI=1S/C14H17N3O4/c18-14(19)11-7-10(17(20)21)8-15-13(11)16-6-2-4-9-3-1-5-12(9)16/h7-9,12H,1-6H2,(H,18,19). The molecule has 2 atom stereocenters. The second-order valence-electron chi connectivity index (χ2n) is 5.72. The molecule has 1 N–H and O–H groups in total. The summed E-state index contributed by atoms with van der Waals surface area (Å²) >= 11 is 0. The molecule has 2 heterocycles. The normalized spacial score (nSPS) is 24.7. The van der Waals surface area contributed by atoms with Crippen LogP contribution in [0.2, 0.25) is 0 Å². The van der Waals surface area contributed by atoms with Gasteiger partial charge in [0, 0.05) is 18.7 Å². The first-order chi connectivity index (χ1) is 10.1. The maximum Gasteiger partial charge on any atom is 0.339 e. The number of piperidine rings is 1. The van der Waals surface area contributed by atoms with E-state index in [0.29, 0.717) is 17.8 Å². The third-order valence-corrected chi connectivity index (χ3v) is 4.56. The highest BCUT2D eigenvalue weighted by molar-refractivity contribution is 5.94. The summed E-state index contributed by atoms with van der Waals surface area (Å²) in [5, 5.41) is 20.2. The number of fused-ring (bicyclic) bond motifs is 1. The molecule has 0 amide bonds. The van der Waals surface area contributed by atoms with E-state index in [1.807, 2.05) is 4.90 Å². The van der Waals surface area contributed by atoms with Crippen LogP contribution in [0.3, 0.4) is 0 Å². The Morgan fingerprint density at radius 2 is 2.14 bits per heavy atom. The van der Waals surface area contributed by atoms with E-state index in [0.717, 1.165) is 38.1 Å². The molecule has 21 heavy (non-hydrogen) atoms. The van der Waals surface area contributed by atoms with Crippen molar-refractivity contribution in [2.45, 2.75) is 38.1 Å². The van der Waals surface area contributed by atoms with Crippen molar-refractivity contribution in [2.24, 2.45) is 5.92 Å². The number of aromatic nitrogens is 1. The number of carbonyl (C=O) groups is 1. The Labute approximate surface area is 121 Å². The maximum atomic E-state index is 11.4. The van der Waals surface area contributed by atoms with Crippen LogP contribution < -0.4 is 4.90 Å². The Kier molecular flexibility index (Phi) is 3.48. The van der Waals surface area contributed by atoms with Gasteiger partial charge in [-0.05, 0) is 31.6 Å². The first kappa shape index (κ1) is 13.8. The highest BCUT2D eigenvalue weighted by atomic mass is 16.6. The van der Waals surface area contributed by atoms with Crippen molar-refractivity contribution in [1.82, 2.24) is 4.98 Å². The van der Waals surface area contributed by atoms with Gasteiger partial charge in [-0.25, -0.2) is 9.78 Å². The molecule has 1 aliphatic carbocycles. The van der Waals surface area contributed by atoms with Crippen LogP contribution in [0.25, 0.3) is 0 Å². The van der Waals surface area contributed by atoms with Crippen LogP contribution in [0.4, 0.5) is 11.5 Å². The fourth-order valence-electron chi connectivity index (χ4n) is 3.65. The lowest BCUT2D eigenvalue weighted by molar-refractivity contribution is -0.385. The summed E-state index contributed by atoms with van der Waals surface area (Å²) in [6.07, 6.45) is 6.72. The minimum Gasteiger partial charge on any atom is -0.478 e. The van der Waals surface area contributed by atoms with Crippen LogP contribution in [0.1, 0.15) is 42.5 Å². The number of nitrogens with zero attached hydrogens (tertiary/aromatic N) is 3. The Bertz CT molecular complexity index is 590. The lowest BCUT2D eigenvalue weighted by Gasteiger charge is -2.39. The summed E-state index contributed by atoms with van der Waals surface area (Å²) in [5.74, 6) is -0.191. The van der Waals surface area contributed by atoms with Crippen molar-refractivity contribution in [3.8, 4) is 0 Å². The Balaban J connectivity index is 2.00.